The first-order valence-corrected chi connectivity index (χ1v) is 12.5. The molecule has 1 aliphatic rings. The van der Waals surface area contributed by atoms with Gasteiger partial charge in [-0.2, -0.15) is 4.31 Å². The fraction of sp³-hybridized carbons (Fsp3) is 0.435. The highest BCUT2D eigenvalue weighted by atomic mass is 35.5. The summed E-state index contributed by atoms with van der Waals surface area (Å²) in [5, 5.41) is 3.36. The standard InChI is InChI=1S/C23H29ClN2O5S/c1-17-7-8-18(15-21(17)24)31-14-11-25-23(27)20-16-19(9-10-22(20)30-2)32(28,29)26-12-5-3-4-6-13-26/h7-10,15-16H,3-6,11-14H2,1-2H3,(H,25,27). The Bertz CT molecular complexity index is 1050. The Hall–Kier alpha value is -2.29. The summed E-state index contributed by atoms with van der Waals surface area (Å²) in [5.74, 6) is 0.488. The normalized spacial score (nSPS) is 15.1. The summed E-state index contributed by atoms with van der Waals surface area (Å²) >= 11 is 6.09. The van der Waals surface area contributed by atoms with E-state index < -0.39 is 15.9 Å². The van der Waals surface area contributed by atoms with Gasteiger partial charge in [0.05, 0.1) is 24.1 Å². The minimum Gasteiger partial charge on any atom is -0.496 e. The van der Waals surface area contributed by atoms with Gasteiger partial charge < -0.3 is 14.8 Å². The molecule has 1 heterocycles. The van der Waals surface area contributed by atoms with Crippen LogP contribution in [0.2, 0.25) is 5.02 Å². The SMILES string of the molecule is COc1ccc(S(=O)(=O)N2CCCCCC2)cc1C(=O)NCCOc1ccc(C)c(Cl)c1. The van der Waals surface area contributed by atoms with Gasteiger partial charge in [-0.3, -0.25) is 4.79 Å². The van der Waals surface area contributed by atoms with Crippen molar-refractivity contribution in [2.24, 2.45) is 0 Å². The number of nitrogens with one attached hydrogen (secondary N) is 1. The number of nitrogens with zero attached hydrogens (tertiary/aromatic N) is 1. The topological polar surface area (TPSA) is 84.9 Å². The Balaban J connectivity index is 1.67. The third-order valence-corrected chi connectivity index (χ3v) is 7.72. The van der Waals surface area contributed by atoms with Crippen molar-refractivity contribution >= 4 is 27.5 Å². The first-order chi connectivity index (χ1) is 15.3. The number of sulfonamides is 1. The fourth-order valence-corrected chi connectivity index (χ4v) is 5.26. The molecule has 1 N–H and O–H groups in total. The summed E-state index contributed by atoms with van der Waals surface area (Å²) < 4.78 is 38.6. The molecule has 2 aromatic rings. The monoisotopic (exact) mass is 480 g/mol. The van der Waals surface area contributed by atoms with Crippen molar-refractivity contribution in [2.75, 3.05) is 33.4 Å². The maximum atomic E-state index is 13.1. The molecule has 7 nitrogen and oxygen atoms in total. The molecule has 1 aliphatic heterocycles. The molecule has 0 unspecified atom stereocenters. The number of rotatable bonds is 8. The highest BCUT2D eigenvalue weighted by Crippen LogP contribution is 2.26. The maximum Gasteiger partial charge on any atom is 0.255 e. The molecule has 0 saturated carbocycles. The highest BCUT2D eigenvalue weighted by Gasteiger charge is 2.27. The second-order valence-corrected chi connectivity index (χ2v) is 10.0. The Morgan fingerprint density at radius 3 is 2.47 bits per heavy atom. The van der Waals surface area contributed by atoms with Crippen molar-refractivity contribution in [3.63, 3.8) is 0 Å². The van der Waals surface area contributed by atoms with Gasteiger partial charge in [-0.25, -0.2) is 8.42 Å². The summed E-state index contributed by atoms with van der Waals surface area (Å²) in [6.07, 6.45) is 3.74. The molecule has 3 rings (SSSR count). The van der Waals surface area contributed by atoms with Crippen molar-refractivity contribution < 1.29 is 22.7 Å². The molecule has 9 heteroatoms. The van der Waals surface area contributed by atoms with E-state index in [0.29, 0.717) is 29.6 Å². The lowest BCUT2D eigenvalue weighted by atomic mass is 10.2. The van der Waals surface area contributed by atoms with E-state index in [1.807, 2.05) is 19.1 Å². The second kappa shape index (κ2) is 11.0. The smallest absolute Gasteiger partial charge is 0.255 e. The Morgan fingerprint density at radius 1 is 1.09 bits per heavy atom. The molecular weight excluding hydrogens is 452 g/mol. The fourth-order valence-electron chi connectivity index (χ4n) is 3.55. The number of carbonyl (C=O) groups excluding carboxylic acids is 1. The number of methoxy groups -OCH3 is 1. The van der Waals surface area contributed by atoms with Gasteiger partial charge in [-0.15, -0.1) is 0 Å². The van der Waals surface area contributed by atoms with Crippen molar-refractivity contribution in [2.45, 2.75) is 37.5 Å². The molecule has 0 bridgehead atoms. The molecule has 1 amide bonds. The van der Waals surface area contributed by atoms with Crippen LogP contribution >= 0.6 is 11.6 Å². The Morgan fingerprint density at radius 2 is 1.81 bits per heavy atom. The van der Waals surface area contributed by atoms with Gasteiger partial charge in [-0.1, -0.05) is 30.5 Å². The summed E-state index contributed by atoms with van der Waals surface area (Å²) in [4.78, 5) is 12.9. The predicted octanol–water partition coefficient (Wildman–Crippen LogP) is 4.03. The van der Waals surface area contributed by atoms with Crippen LogP contribution in [-0.2, 0) is 10.0 Å². The first kappa shape index (κ1) is 24.4. The van der Waals surface area contributed by atoms with Crippen molar-refractivity contribution in [1.82, 2.24) is 9.62 Å². The van der Waals surface area contributed by atoms with Crippen LogP contribution in [0.25, 0.3) is 0 Å². The first-order valence-electron chi connectivity index (χ1n) is 10.7. The van der Waals surface area contributed by atoms with Crippen LogP contribution in [0.5, 0.6) is 11.5 Å². The van der Waals surface area contributed by atoms with Crippen LogP contribution in [0.1, 0.15) is 41.6 Å². The van der Waals surface area contributed by atoms with Crippen molar-refractivity contribution in [3.05, 3.63) is 52.5 Å². The van der Waals surface area contributed by atoms with Gasteiger partial charge in [-0.05, 0) is 55.7 Å². The van der Waals surface area contributed by atoms with Gasteiger partial charge >= 0.3 is 0 Å². The van der Waals surface area contributed by atoms with E-state index >= 15 is 0 Å². The van der Waals surface area contributed by atoms with E-state index in [9.17, 15) is 13.2 Å². The molecule has 0 spiro atoms. The van der Waals surface area contributed by atoms with Gasteiger partial charge in [0, 0.05) is 18.1 Å². The molecule has 2 aromatic carbocycles. The molecule has 0 atom stereocenters. The number of aryl methyl sites for hydroxylation is 1. The lowest BCUT2D eigenvalue weighted by molar-refractivity contribution is 0.0943. The van der Waals surface area contributed by atoms with Crippen LogP contribution in [0.4, 0.5) is 0 Å². The minimum absolute atomic E-state index is 0.0934. The Labute approximate surface area is 194 Å². The van der Waals surface area contributed by atoms with Gasteiger partial charge in [0.15, 0.2) is 0 Å². The number of ether oxygens (including phenoxy) is 2. The molecule has 0 aliphatic carbocycles. The number of carbonyl (C=O) groups is 1. The Kier molecular flexibility index (Phi) is 8.39. The van der Waals surface area contributed by atoms with Gasteiger partial charge in [0.25, 0.3) is 5.91 Å². The molecule has 1 saturated heterocycles. The number of amides is 1. The number of hydrogen-bond donors (Lipinski definition) is 1. The molecule has 0 aromatic heterocycles. The van der Waals surface area contributed by atoms with E-state index in [4.69, 9.17) is 21.1 Å². The molecular formula is C23H29ClN2O5S. The predicted molar refractivity (Wildman–Crippen MR) is 124 cm³/mol. The quantitative estimate of drug-likeness (QED) is 0.576. The molecule has 174 valence electrons. The zero-order chi connectivity index (χ0) is 23.1. The van der Waals surface area contributed by atoms with Crippen molar-refractivity contribution in [3.8, 4) is 11.5 Å². The molecule has 32 heavy (non-hydrogen) atoms. The summed E-state index contributed by atoms with van der Waals surface area (Å²) in [5.41, 5.74) is 1.12. The summed E-state index contributed by atoms with van der Waals surface area (Å²) in [7, 11) is -2.23. The van der Waals surface area contributed by atoms with Crippen LogP contribution in [0.3, 0.4) is 0 Å². The third-order valence-electron chi connectivity index (χ3n) is 5.42. The van der Waals surface area contributed by atoms with Crippen LogP contribution in [0, 0.1) is 6.92 Å². The summed E-state index contributed by atoms with van der Waals surface area (Å²) in [6.45, 7) is 3.36. The van der Waals surface area contributed by atoms with E-state index in [1.54, 1.807) is 6.07 Å². The lowest BCUT2D eigenvalue weighted by Gasteiger charge is -2.20. The number of halogens is 1. The minimum atomic E-state index is -3.67. The van der Waals surface area contributed by atoms with E-state index in [-0.39, 0.29) is 23.6 Å². The number of hydrogen-bond acceptors (Lipinski definition) is 5. The van der Waals surface area contributed by atoms with Crippen LogP contribution in [0.15, 0.2) is 41.3 Å². The van der Waals surface area contributed by atoms with Gasteiger partial charge in [0.1, 0.15) is 18.1 Å². The highest BCUT2D eigenvalue weighted by molar-refractivity contribution is 7.89. The summed E-state index contributed by atoms with van der Waals surface area (Å²) in [6, 6.07) is 9.78. The van der Waals surface area contributed by atoms with Crippen molar-refractivity contribution in [1.29, 1.82) is 0 Å². The number of benzene rings is 2. The van der Waals surface area contributed by atoms with E-state index in [0.717, 1.165) is 31.2 Å². The van der Waals surface area contributed by atoms with Gasteiger partial charge in [0.2, 0.25) is 10.0 Å². The average Bonchev–Trinajstić information content (AvgIpc) is 3.08. The van der Waals surface area contributed by atoms with E-state index in [2.05, 4.69) is 5.32 Å². The third kappa shape index (κ3) is 5.94. The average molecular weight is 481 g/mol. The molecule has 0 radical (unpaired) electrons. The van der Waals surface area contributed by atoms with Crippen LogP contribution in [-0.4, -0.2) is 52.0 Å². The van der Waals surface area contributed by atoms with Crippen LogP contribution < -0.4 is 14.8 Å². The zero-order valence-electron chi connectivity index (χ0n) is 18.4. The lowest BCUT2D eigenvalue weighted by Crippen LogP contribution is -2.32. The largest absolute Gasteiger partial charge is 0.496 e. The zero-order valence-corrected chi connectivity index (χ0v) is 20.0. The van der Waals surface area contributed by atoms with E-state index in [1.165, 1.54) is 29.6 Å². The second-order valence-electron chi connectivity index (χ2n) is 7.70. The molecule has 1 fully saturated rings. The maximum absolute atomic E-state index is 13.1.